The Morgan fingerprint density at radius 3 is 2.55 bits per heavy atom. The van der Waals surface area contributed by atoms with Crippen LogP contribution in [-0.4, -0.2) is 23.5 Å². The van der Waals surface area contributed by atoms with E-state index in [9.17, 15) is 18.0 Å². The molecular weight excluding hydrogens is 358 g/mol. The summed E-state index contributed by atoms with van der Waals surface area (Å²) >= 11 is 13.0. The van der Waals surface area contributed by atoms with Gasteiger partial charge in [-0.2, -0.15) is 24.5 Å². The topological polar surface area (TPSA) is 20.3 Å². The fourth-order valence-corrected chi connectivity index (χ4v) is 2.88. The van der Waals surface area contributed by atoms with Crippen LogP contribution in [0.3, 0.4) is 0 Å². The highest BCUT2D eigenvalue weighted by molar-refractivity contribution is 7.07. The second kappa shape index (κ2) is 6.89. The van der Waals surface area contributed by atoms with Crippen molar-refractivity contribution in [2.24, 2.45) is 0 Å². The molecule has 0 bridgehead atoms. The standard InChI is InChI=1S/C14H10Cl2F3NOS/c15-10-1-2-12(16)11(5-10)13(21)20(8-14(17,18)19)6-9-3-4-22-7-9/h1-5,7H,6,8H2. The van der Waals surface area contributed by atoms with E-state index < -0.39 is 18.6 Å². The number of nitrogens with zero attached hydrogens (tertiary/aromatic N) is 1. The third kappa shape index (κ3) is 4.63. The van der Waals surface area contributed by atoms with Crippen LogP contribution in [-0.2, 0) is 6.54 Å². The molecule has 0 fully saturated rings. The number of rotatable bonds is 4. The van der Waals surface area contributed by atoms with Gasteiger partial charge in [-0.1, -0.05) is 23.2 Å². The van der Waals surface area contributed by atoms with Crippen molar-refractivity contribution in [3.05, 3.63) is 56.2 Å². The molecule has 0 aliphatic heterocycles. The Bertz CT molecular complexity index is 659. The number of carbonyl (C=O) groups excluding carboxylic acids is 1. The molecule has 0 aliphatic carbocycles. The van der Waals surface area contributed by atoms with E-state index in [1.165, 1.54) is 29.5 Å². The number of thiophene rings is 1. The highest BCUT2D eigenvalue weighted by Gasteiger charge is 2.34. The molecule has 1 amide bonds. The van der Waals surface area contributed by atoms with Gasteiger partial charge in [0, 0.05) is 11.6 Å². The lowest BCUT2D eigenvalue weighted by Gasteiger charge is -2.24. The van der Waals surface area contributed by atoms with Gasteiger partial charge in [-0.15, -0.1) is 0 Å². The molecule has 1 heterocycles. The molecule has 0 radical (unpaired) electrons. The molecule has 0 N–H and O–H groups in total. The predicted octanol–water partition coefficient (Wildman–Crippen LogP) is 5.26. The normalized spacial score (nSPS) is 11.5. The fraction of sp³-hybridized carbons (Fsp3) is 0.214. The average molecular weight is 368 g/mol. The van der Waals surface area contributed by atoms with Crippen LogP contribution < -0.4 is 0 Å². The van der Waals surface area contributed by atoms with Crippen molar-refractivity contribution in [1.82, 2.24) is 4.90 Å². The molecule has 2 rings (SSSR count). The number of alkyl halides is 3. The molecule has 22 heavy (non-hydrogen) atoms. The van der Waals surface area contributed by atoms with Gasteiger partial charge in [0.05, 0.1) is 10.6 Å². The number of benzene rings is 1. The lowest BCUT2D eigenvalue weighted by molar-refractivity contribution is -0.141. The van der Waals surface area contributed by atoms with Crippen molar-refractivity contribution in [1.29, 1.82) is 0 Å². The van der Waals surface area contributed by atoms with Crippen LogP contribution >= 0.6 is 34.5 Å². The maximum Gasteiger partial charge on any atom is 0.406 e. The van der Waals surface area contributed by atoms with Gasteiger partial charge in [0.15, 0.2) is 0 Å². The van der Waals surface area contributed by atoms with E-state index in [0.717, 1.165) is 0 Å². The summed E-state index contributed by atoms with van der Waals surface area (Å²) in [6.45, 7) is -1.50. The summed E-state index contributed by atoms with van der Waals surface area (Å²) in [5, 5.41) is 3.72. The predicted molar refractivity (Wildman–Crippen MR) is 81.6 cm³/mol. The molecule has 0 atom stereocenters. The van der Waals surface area contributed by atoms with Crippen molar-refractivity contribution < 1.29 is 18.0 Å². The molecule has 0 unspecified atom stereocenters. The molecule has 8 heteroatoms. The third-order valence-corrected chi connectivity index (χ3v) is 4.07. The van der Waals surface area contributed by atoms with Crippen LogP contribution in [0, 0.1) is 0 Å². The van der Waals surface area contributed by atoms with Gasteiger partial charge in [-0.25, -0.2) is 0 Å². The van der Waals surface area contributed by atoms with E-state index in [4.69, 9.17) is 23.2 Å². The first-order valence-corrected chi connectivity index (χ1v) is 7.78. The summed E-state index contributed by atoms with van der Waals surface area (Å²) in [4.78, 5) is 13.1. The zero-order chi connectivity index (χ0) is 16.3. The zero-order valence-electron chi connectivity index (χ0n) is 11.0. The molecule has 2 aromatic rings. The number of hydrogen-bond acceptors (Lipinski definition) is 2. The summed E-state index contributed by atoms with van der Waals surface area (Å²) in [6.07, 6.45) is -4.50. The quantitative estimate of drug-likeness (QED) is 0.721. The second-order valence-corrected chi connectivity index (χ2v) is 6.16. The van der Waals surface area contributed by atoms with Crippen molar-refractivity contribution in [2.75, 3.05) is 6.54 Å². The van der Waals surface area contributed by atoms with E-state index in [2.05, 4.69) is 0 Å². The summed E-state index contributed by atoms with van der Waals surface area (Å²) < 4.78 is 38.2. The Balaban J connectivity index is 2.30. The molecule has 1 aromatic heterocycles. The molecule has 1 aromatic carbocycles. The lowest BCUT2D eigenvalue weighted by Crippen LogP contribution is -2.38. The number of carbonyl (C=O) groups is 1. The minimum absolute atomic E-state index is 0.0475. The van der Waals surface area contributed by atoms with Crippen LogP contribution in [0.25, 0.3) is 0 Å². The Kier molecular flexibility index (Phi) is 5.36. The first-order valence-electron chi connectivity index (χ1n) is 6.08. The lowest BCUT2D eigenvalue weighted by atomic mass is 10.2. The number of hydrogen-bond donors (Lipinski definition) is 0. The minimum atomic E-state index is -4.50. The van der Waals surface area contributed by atoms with Crippen LogP contribution in [0.2, 0.25) is 10.0 Å². The minimum Gasteiger partial charge on any atom is -0.325 e. The van der Waals surface area contributed by atoms with Crippen LogP contribution in [0.1, 0.15) is 15.9 Å². The molecular formula is C14H10Cl2F3NOS. The van der Waals surface area contributed by atoms with Crippen LogP contribution in [0.5, 0.6) is 0 Å². The zero-order valence-corrected chi connectivity index (χ0v) is 13.4. The SMILES string of the molecule is O=C(c1cc(Cl)ccc1Cl)N(Cc1ccsc1)CC(F)(F)F. The van der Waals surface area contributed by atoms with Gasteiger partial charge in [0.2, 0.25) is 0 Å². The van der Waals surface area contributed by atoms with Gasteiger partial charge in [0.25, 0.3) is 5.91 Å². The number of amides is 1. The van der Waals surface area contributed by atoms with Gasteiger partial charge >= 0.3 is 6.18 Å². The number of halogens is 5. The monoisotopic (exact) mass is 367 g/mol. The van der Waals surface area contributed by atoms with Gasteiger partial charge in [-0.3, -0.25) is 4.79 Å². The van der Waals surface area contributed by atoms with E-state index in [1.807, 2.05) is 0 Å². The van der Waals surface area contributed by atoms with E-state index in [1.54, 1.807) is 16.8 Å². The summed E-state index contributed by atoms with van der Waals surface area (Å²) in [5.74, 6) is -0.809. The largest absolute Gasteiger partial charge is 0.406 e. The van der Waals surface area contributed by atoms with Crippen molar-refractivity contribution >= 4 is 40.4 Å². The maximum atomic E-state index is 12.7. The smallest absolute Gasteiger partial charge is 0.325 e. The van der Waals surface area contributed by atoms with Gasteiger partial charge in [0.1, 0.15) is 6.54 Å². The molecule has 118 valence electrons. The van der Waals surface area contributed by atoms with Gasteiger partial charge < -0.3 is 4.90 Å². The highest BCUT2D eigenvalue weighted by atomic mass is 35.5. The fourth-order valence-electron chi connectivity index (χ4n) is 1.85. The van der Waals surface area contributed by atoms with E-state index >= 15 is 0 Å². The Morgan fingerprint density at radius 1 is 1.23 bits per heavy atom. The van der Waals surface area contributed by atoms with E-state index in [-0.39, 0.29) is 22.2 Å². The first kappa shape index (κ1) is 17.1. The molecule has 0 saturated heterocycles. The third-order valence-electron chi connectivity index (χ3n) is 2.77. The molecule has 0 aliphatic rings. The second-order valence-electron chi connectivity index (χ2n) is 4.53. The van der Waals surface area contributed by atoms with E-state index in [0.29, 0.717) is 10.5 Å². The van der Waals surface area contributed by atoms with Crippen molar-refractivity contribution in [3.8, 4) is 0 Å². The summed E-state index contributed by atoms with van der Waals surface area (Å²) in [5.41, 5.74) is 0.578. The van der Waals surface area contributed by atoms with Gasteiger partial charge in [-0.05, 0) is 40.6 Å². The van der Waals surface area contributed by atoms with Crippen LogP contribution in [0.4, 0.5) is 13.2 Å². The Labute approximate surface area is 139 Å². The summed E-state index contributed by atoms with van der Waals surface area (Å²) in [6, 6.07) is 5.78. The summed E-state index contributed by atoms with van der Waals surface area (Å²) in [7, 11) is 0. The molecule has 2 nitrogen and oxygen atoms in total. The maximum absolute atomic E-state index is 12.7. The average Bonchev–Trinajstić information content (AvgIpc) is 2.91. The Morgan fingerprint density at radius 2 is 1.95 bits per heavy atom. The highest BCUT2D eigenvalue weighted by Crippen LogP contribution is 2.25. The Hall–Kier alpha value is -1.24. The van der Waals surface area contributed by atoms with Crippen LogP contribution in [0.15, 0.2) is 35.0 Å². The van der Waals surface area contributed by atoms with Crippen molar-refractivity contribution in [3.63, 3.8) is 0 Å². The molecule has 0 spiro atoms. The molecule has 0 saturated carbocycles. The first-order chi connectivity index (χ1) is 10.3. The van der Waals surface area contributed by atoms with Crippen molar-refractivity contribution in [2.45, 2.75) is 12.7 Å².